The fourth-order valence-electron chi connectivity index (χ4n) is 3.81. The largest absolute Gasteiger partial charge is 0.394 e. The van der Waals surface area contributed by atoms with Crippen molar-refractivity contribution in [2.45, 2.75) is 50.1 Å². The number of nitrogens with zero attached hydrogens (tertiary/aromatic N) is 3. The number of amides is 1. The number of carbonyl (C=O) groups excluding carboxylic acids is 1. The molecule has 2 aromatic heterocycles. The minimum absolute atomic E-state index is 0.0301. The molecule has 0 bridgehead atoms. The third kappa shape index (κ3) is 4.98. The van der Waals surface area contributed by atoms with Crippen LogP contribution in [0.1, 0.15) is 47.4 Å². The summed E-state index contributed by atoms with van der Waals surface area (Å²) >= 11 is 0. The van der Waals surface area contributed by atoms with Gasteiger partial charge in [0.1, 0.15) is 0 Å². The van der Waals surface area contributed by atoms with Crippen molar-refractivity contribution < 1.29 is 26.4 Å². The number of hydrogen-bond acceptors (Lipinski definition) is 5. The van der Waals surface area contributed by atoms with Gasteiger partial charge in [-0.1, -0.05) is 18.2 Å². The number of carbonyl (C=O) groups is 1. The summed E-state index contributed by atoms with van der Waals surface area (Å²) in [5.41, 5.74) is -0.472. The number of benzene rings is 1. The fourth-order valence-corrected chi connectivity index (χ4v) is 4.79. The molecule has 0 unspecified atom stereocenters. The van der Waals surface area contributed by atoms with Gasteiger partial charge in [-0.25, -0.2) is 22.8 Å². The van der Waals surface area contributed by atoms with Crippen molar-refractivity contribution in [3.63, 3.8) is 0 Å². The Morgan fingerprint density at radius 2 is 1.82 bits per heavy atom. The minimum atomic E-state index is -4.15. The Hall–Kier alpha value is -3.21. The van der Waals surface area contributed by atoms with E-state index in [2.05, 4.69) is 10.1 Å². The minimum Gasteiger partial charge on any atom is -0.268 e. The number of halogens is 3. The van der Waals surface area contributed by atoms with E-state index < -0.39 is 27.5 Å². The van der Waals surface area contributed by atoms with Crippen molar-refractivity contribution >= 4 is 15.9 Å². The van der Waals surface area contributed by atoms with Gasteiger partial charge < -0.3 is 0 Å². The first-order valence-electron chi connectivity index (χ1n) is 10.7. The normalized spacial score (nSPS) is 15.2. The molecular weight excluding hydrogens is 469 g/mol. The van der Waals surface area contributed by atoms with Crippen molar-refractivity contribution in [1.29, 1.82) is 0 Å². The van der Waals surface area contributed by atoms with Crippen LogP contribution >= 0.6 is 0 Å². The van der Waals surface area contributed by atoms with E-state index in [0.717, 1.165) is 0 Å². The molecule has 0 spiro atoms. The number of pyridine rings is 1. The number of hydrogen-bond donors (Lipinski definition) is 1. The van der Waals surface area contributed by atoms with E-state index in [1.54, 1.807) is 37.4 Å². The summed E-state index contributed by atoms with van der Waals surface area (Å²) in [7, 11) is -4.02. The van der Waals surface area contributed by atoms with Crippen LogP contribution in [-0.2, 0) is 16.4 Å². The SMILES string of the molecule is Cc1nc(-n2ccc(CCCC3(C(F)(F)F)CC3)n2)ccc1C(=O)NS(=O)(=O)c1ccccc1. The second-order valence-corrected chi connectivity index (χ2v) is 10.1. The van der Waals surface area contributed by atoms with E-state index in [1.165, 1.54) is 28.9 Å². The molecule has 1 aliphatic carbocycles. The molecule has 2 heterocycles. The summed E-state index contributed by atoms with van der Waals surface area (Å²) < 4.78 is 67.5. The molecule has 0 atom stereocenters. The number of sulfonamides is 1. The summed E-state index contributed by atoms with van der Waals surface area (Å²) in [5, 5.41) is 4.37. The highest BCUT2D eigenvalue weighted by Crippen LogP contribution is 2.60. The van der Waals surface area contributed by atoms with Crippen LogP contribution in [0.25, 0.3) is 5.82 Å². The molecule has 7 nitrogen and oxygen atoms in total. The van der Waals surface area contributed by atoms with E-state index in [4.69, 9.17) is 0 Å². The highest BCUT2D eigenvalue weighted by atomic mass is 32.2. The van der Waals surface area contributed by atoms with Crippen LogP contribution in [0.3, 0.4) is 0 Å². The maximum absolute atomic E-state index is 13.1. The van der Waals surface area contributed by atoms with Gasteiger partial charge in [-0.3, -0.25) is 4.79 Å². The summed E-state index contributed by atoms with van der Waals surface area (Å²) in [6.45, 7) is 1.57. The van der Waals surface area contributed by atoms with Crippen LogP contribution in [0.2, 0.25) is 0 Å². The van der Waals surface area contributed by atoms with Gasteiger partial charge in [0, 0.05) is 6.20 Å². The van der Waals surface area contributed by atoms with Gasteiger partial charge in [-0.2, -0.15) is 18.3 Å². The second kappa shape index (κ2) is 8.86. The lowest BCUT2D eigenvalue weighted by molar-refractivity contribution is -0.189. The Morgan fingerprint density at radius 1 is 1.12 bits per heavy atom. The maximum atomic E-state index is 13.1. The van der Waals surface area contributed by atoms with Crippen LogP contribution in [0.5, 0.6) is 0 Å². The maximum Gasteiger partial charge on any atom is 0.394 e. The van der Waals surface area contributed by atoms with Crippen LogP contribution in [0, 0.1) is 12.3 Å². The first-order valence-corrected chi connectivity index (χ1v) is 12.2. The number of aryl methyl sites for hydroxylation is 2. The topological polar surface area (TPSA) is 93.9 Å². The molecule has 3 aromatic rings. The zero-order chi connectivity index (χ0) is 24.6. The molecule has 11 heteroatoms. The van der Waals surface area contributed by atoms with Gasteiger partial charge in [-0.15, -0.1) is 0 Å². The Bertz CT molecular complexity index is 1300. The van der Waals surface area contributed by atoms with Crippen molar-refractivity contribution in [2.24, 2.45) is 5.41 Å². The van der Waals surface area contributed by atoms with Gasteiger partial charge in [0.05, 0.1) is 27.3 Å². The monoisotopic (exact) mass is 492 g/mol. The predicted molar refractivity (Wildman–Crippen MR) is 118 cm³/mol. The van der Waals surface area contributed by atoms with E-state index in [9.17, 15) is 26.4 Å². The molecule has 0 saturated heterocycles. The van der Waals surface area contributed by atoms with E-state index >= 15 is 0 Å². The molecule has 4 rings (SSSR count). The van der Waals surface area contributed by atoms with Crippen LogP contribution in [0.15, 0.2) is 59.6 Å². The number of nitrogens with one attached hydrogen (secondary N) is 1. The van der Waals surface area contributed by atoms with Gasteiger partial charge in [-0.05, 0) is 69.4 Å². The quantitative estimate of drug-likeness (QED) is 0.504. The zero-order valence-electron chi connectivity index (χ0n) is 18.3. The van der Waals surface area contributed by atoms with Crippen LogP contribution < -0.4 is 4.72 Å². The molecule has 180 valence electrons. The Balaban J connectivity index is 1.40. The predicted octanol–water partition coefficient (Wildman–Crippen LogP) is 4.36. The number of aromatic nitrogens is 3. The van der Waals surface area contributed by atoms with Gasteiger partial charge in [0.2, 0.25) is 0 Å². The van der Waals surface area contributed by atoms with Crippen molar-refractivity contribution in [3.8, 4) is 5.82 Å². The van der Waals surface area contributed by atoms with Gasteiger partial charge in [0.25, 0.3) is 15.9 Å². The lowest BCUT2D eigenvalue weighted by Crippen LogP contribution is -2.31. The fraction of sp³-hybridized carbons (Fsp3) is 0.348. The van der Waals surface area contributed by atoms with E-state index in [-0.39, 0.29) is 29.7 Å². The molecule has 1 fully saturated rings. The van der Waals surface area contributed by atoms with Crippen molar-refractivity contribution in [3.05, 3.63) is 71.7 Å². The summed E-state index contributed by atoms with van der Waals surface area (Å²) in [4.78, 5) is 16.9. The first-order chi connectivity index (χ1) is 16.0. The highest BCUT2D eigenvalue weighted by Gasteiger charge is 2.62. The average molecular weight is 493 g/mol. The smallest absolute Gasteiger partial charge is 0.268 e. The lowest BCUT2D eigenvalue weighted by atomic mass is 9.98. The van der Waals surface area contributed by atoms with Crippen LogP contribution in [0.4, 0.5) is 13.2 Å². The number of rotatable bonds is 8. The molecule has 0 aliphatic heterocycles. The van der Waals surface area contributed by atoms with E-state index in [1.807, 2.05) is 4.72 Å². The summed E-state index contributed by atoms with van der Waals surface area (Å²) in [5.74, 6) is -0.402. The summed E-state index contributed by atoms with van der Waals surface area (Å²) in [6.07, 6.45) is -1.22. The molecule has 1 saturated carbocycles. The molecule has 1 N–H and O–H groups in total. The molecule has 0 radical (unpaired) electrons. The van der Waals surface area contributed by atoms with Gasteiger partial charge in [0.15, 0.2) is 5.82 Å². The Labute approximate surface area is 195 Å². The molecule has 1 aromatic carbocycles. The first kappa shape index (κ1) is 23.9. The van der Waals surface area contributed by atoms with Crippen molar-refractivity contribution in [1.82, 2.24) is 19.5 Å². The standard InChI is InChI=1S/C23H23F3N4O3S/c1-16-19(21(31)29-34(32,33)18-7-3-2-4-8-18)9-10-20(27-16)30-15-11-17(28-30)6-5-12-22(13-14-22)23(24,25)26/h2-4,7-11,15H,5-6,12-14H2,1H3,(H,29,31). The lowest BCUT2D eigenvalue weighted by Gasteiger charge is -2.18. The average Bonchev–Trinajstić information content (AvgIpc) is 3.44. The highest BCUT2D eigenvalue weighted by molar-refractivity contribution is 7.90. The third-order valence-electron chi connectivity index (χ3n) is 6.02. The third-order valence-corrected chi connectivity index (χ3v) is 7.37. The Morgan fingerprint density at radius 3 is 2.44 bits per heavy atom. The molecule has 34 heavy (non-hydrogen) atoms. The zero-order valence-corrected chi connectivity index (χ0v) is 19.2. The molecular formula is C23H23F3N4O3S. The second-order valence-electron chi connectivity index (χ2n) is 8.43. The summed E-state index contributed by atoms with van der Waals surface area (Å²) in [6, 6.07) is 12.2. The Kier molecular flexibility index (Phi) is 6.24. The van der Waals surface area contributed by atoms with Crippen LogP contribution in [-0.4, -0.2) is 35.3 Å². The van der Waals surface area contributed by atoms with Crippen molar-refractivity contribution in [2.75, 3.05) is 0 Å². The molecule has 1 amide bonds. The van der Waals surface area contributed by atoms with Gasteiger partial charge >= 0.3 is 6.18 Å². The van der Waals surface area contributed by atoms with E-state index in [0.29, 0.717) is 30.0 Å². The molecule has 1 aliphatic rings. The number of alkyl halides is 3.